The summed E-state index contributed by atoms with van der Waals surface area (Å²) in [6, 6.07) is 0.879. The lowest BCUT2D eigenvalue weighted by Gasteiger charge is -2.07. The highest BCUT2D eigenvalue weighted by Crippen LogP contribution is 2.20. The average Bonchev–Trinajstić information content (AvgIpc) is 2.57. The summed E-state index contributed by atoms with van der Waals surface area (Å²) in [5.74, 6) is -1.74. The predicted octanol–water partition coefficient (Wildman–Crippen LogP) is 4.22. The molecule has 3 rings (SSSR count). The van der Waals surface area contributed by atoms with Gasteiger partial charge in [-0.15, -0.1) is 0 Å². The van der Waals surface area contributed by atoms with Crippen molar-refractivity contribution in [3.8, 4) is 11.3 Å². The van der Waals surface area contributed by atoms with Crippen LogP contribution < -0.4 is 5.43 Å². The van der Waals surface area contributed by atoms with Gasteiger partial charge in [0.15, 0.2) is 17.1 Å². The van der Waals surface area contributed by atoms with Crippen LogP contribution >= 0.6 is 0 Å². The minimum Gasteiger partial charge on any atom is -0.464 e. The Bertz CT molecular complexity index is 952. The molecule has 0 spiro atoms. The third-order valence-corrected chi connectivity index (χ3v) is 3.53. The number of nitrogens with zero attached hydrogens (tertiary/aromatic N) is 1. The largest absolute Gasteiger partial charge is 0.464 e. The van der Waals surface area contributed by atoms with Crippen molar-refractivity contribution in [2.45, 2.75) is 6.42 Å². The normalized spacial score (nSPS) is 16.5. The van der Waals surface area contributed by atoms with E-state index in [2.05, 4.69) is 11.6 Å². The standard InChI is InChI=1S/C19H13F2NO2/c1-12-5-3-2-4-6-13-18(8-7-12)24-11-14(19(13)23)17-9-15(20)16(21)10-22-17/h2-5,7-11H,1,6H2/b4-2-,5-3-,8-7?. The molecule has 0 saturated carbocycles. The van der Waals surface area contributed by atoms with E-state index in [9.17, 15) is 13.6 Å². The number of fused-ring (bicyclic) bond motifs is 1. The summed E-state index contributed by atoms with van der Waals surface area (Å²) in [6.45, 7) is 3.85. The van der Waals surface area contributed by atoms with Crippen LogP contribution in [0.15, 0.2) is 70.3 Å². The Kier molecular flexibility index (Phi) is 4.33. The molecule has 1 aliphatic rings. The second kappa shape index (κ2) is 6.58. The van der Waals surface area contributed by atoms with Crippen molar-refractivity contribution in [1.82, 2.24) is 4.98 Å². The fraction of sp³-hybridized carbons (Fsp3) is 0.0526. The zero-order valence-electron chi connectivity index (χ0n) is 12.6. The molecule has 0 aromatic carbocycles. The van der Waals surface area contributed by atoms with E-state index < -0.39 is 11.6 Å². The SMILES string of the molecule is C=C1C=Cc2occ(-c3cc(F)c(F)cn3)c(=O)c2C/C=C\C=C/1. The number of halogens is 2. The van der Waals surface area contributed by atoms with Gasteiger partial charge in [-0.05, 0) is 18.1 Å². The van der Waals surface area contributed by atoms with Crippen LogP contribution in [0.2, 0.25) is 0 Å². The maximum Gasteiger partial charge on any atom is 0.198 e. The van der Waals surface area contributed by atoms with Crippen LogP contribution in [0.3, 0.4) is 0 Å². The zero-order chi connectivity index (χ0) is 17.1. The predicted molar refractivity (Wildman–Crippen MR) is 88.3 cm³/mol. The van der Waals surface area contributed by atoms with Crippen molar-refractivity contribution in [1.29, 1.82) is 0 Å². The van der Waals surface area contributed by atoms with Gasteiger partial charge in [0.1, 0.15) is 12.0 Å². The molecule has 0 N–H and O–H groups in total. The van der Waals surface area contributed by atoms with E-state index in [0.29, 0.717) is 17.7 Å². The van der Waals surface area contributed by atoms with Gasteiger partial charge in [0.2, 0.25) is 0 Å². The Hall–Kier alpha value is -3.08. The van der Waals surface area contributed by atoms with Crippen LogP contribution in [0.1, 0.15) is 11.3 Å². The lowest BCUT2D eigenvalue weighted by atomic mass is 10.0. The molecule has 0 fully saturated rings. The monoisotopic (exact) mass is 325 g/mol. The molecule has 0 amide bonds. The Labute approximate surface area is 137 Å². The van der Waals surface area contributed by atoms with E-state index >= 15 is 0 Å². The van der Waals surface area contributed by atoms with Gasteiger partial charge >= 0.3 is 0 Å². The van der Waals surface area contributed by atoms with E-state index in [1.165, 1.54) is 6.26 Å². The molecule has 2 heterocycles. The molecule has 0 bridgehead atoms. The molecule has 2 aromatic heterocycles. The summed E-state index contributed by atoms with van der Waals surface area (Å²) < 4.78 is 32.0. The molecular formula is C19H13F2NO2. The minimum absolute atomic E-state index is 0.0276. The molecule has 0 aliphatic heterocycles. The summed E-state index contributed by atoms with van der Waals surface area (Å²) in [5.41, 5.74) is 0.941. The Morgan fingerprint density at radius 1 is 1.12 bits per heavy atom. The molecule has 0 saturated heterocycles. The number of aromatic nitrogens is 1. The van der Waals surface area contributed by atoms with Crippen molar-refractivity contribution in [3.05, 3.63) is 94.2 Å². The topological polar surface area (TPSA) is 43.1 Å². The molecule has 0 unspecified atom stereocenters. The highest BCUT2D eigenvalue weighted by molar-refractivity contribution is 5.62. The quantitative estimate of drug-likeness (QED) is 0.788. The number of allylic oxidation sites excluding steroid dienone is 6. The van der Waals surface area contributed by atoms with Crippen LogP contribution in [0, 0.1) is 11.6 Å². The molecule has 0 radical (unpaired) electrons. The van der Waals surface area contributed by atoms with Crippen LogP contribution in [0.5, 0.6) is 0 Å². The average molecular weight is 325 g/mol. The van der Waals surface area contributed by atoms with Crippen molar-refractivity contribution >= 4 is 6.08 Å². The number of hydrogen-bond donors (Lipinski definition) is 0. The Morgan fingerprint density at radius 3 is 2.75 bits per heavy atom. The van der Waals surface area contributed by atoms with Crippen molar-refractivity contribution in [2.24, 2.45) is 0 Å². The molecule has 2 aromatic rings. The molecule has 24 heavy (non-hydrogen) atoms. The van der Waals surface area contributed by atoms with Crippen LogP contribution in [-0.4, -0.2) is 4.98 Å². The first-order chi connectivity index (χ1) is 11.6. The number of rotatable bonds is 1. The fourth-order valence-corrected chi connectivity index (χ4v) is 2.27. The van der Waals surface area contributed by atoms with Gasteiger partial charge < -0.3 is 4.42 Å². The van der Waals surface area contributed by atoms with E-state index in [0.717, 1.165) is 17.8 Å². The second-order valence-electron chi connectivity index (χ2n) is 5.20. The Morgan fingerprint density at radius 2 is 1.96 bits per heavy atom. The first kappa shape index (κ1) is 15.8. The summed E-state index contributed by atoms with van der Waals surface area (Å²) in [4.78, 5) is 16.5. The van der Waals surface area contributed by atoms with Gasteiger partial charge in [-0.2, -0.15) is 0 Å². The first-order valence-electron chi connectivity index (χ1n) is 7.22. The number of pyridine rings is 1. The van der Waals surface area contributed by atoms with E-state index in [1.54, 1.807) is 24.3 Å². The van der Waals surface area contributed by atoms with Crippen LogP contribution in [0.25, 0.3) is 17.3 Å². The molecular weight excluding hydrogens is 312 g/mol. The maximum absolute atomic E-state index is 13.4. The van der Waals surface area contributed by atoms with Gasteiger partial charge in [0, 0.05) is 11.6 Å². The third kappa shape index (κ3) is 3.15. The van der Waals surface area contributed by atoms with E-state index in [4.69, 9.17) is 4.42 Å². The molecule has 5 heteroatoms. The Balaban J connectivity index is 2.15. The van der Waals surface area contributed by atoms with Gasteiger partial charge in [-0.1, -0.05) is 37.0 Å². The zero-order valence-corrected chi connectivity index (χ0v) is 12.6. The van der Waals surface area contributed by atoms with Crippen molar-refractivity contribution in [3.63, 3.8) is 0 Å². The van der Waals surface area contributed by atoms with E-state index in [-0.39, 0.29) is 16.7 Å². The highest BCUT2D eigenvalue weighted by atomic mass is 19.2. The second-order valence-corrected chi connectivity index (χ2v) is 5.20. The fourth-order valence-electron chi connectivity index (χ4n) is 2.27. The summed E-state index contributed by atoms with van der Waals surface area (Å²) in [6.07, 6.45) is 12.9. The minimum atomic E-state index is -1.07. The van der Waals surface area contributed by atoms with Crippen molar-refractivity contribution in [2.75, 3.05) is 0 Å². The smallest absolute Gasteiger partial charge is 0.198 e. The van der Waals surface area contributed by atoms with Gasteiger partial charge in [0.05, 0.1) is 17.5 Å². The molecule has 0 atom stereocenters. The van der Waals surface area contributed by atoms with Gasteiger partial charge in [0.25, 0.3) is 0 Å². The third-order valence-electron chi connectivity index (χ3n) is 3.53. The van der Waals surface area contributed by atoms with E-state index in [1.807, 2.05) is 12.2 Å². The van der Waals surface area contributed by atoms with Crippen LogP contribution in [-0.2, 0) is 6.42 Å². The van der Waals surface area contributed by atoms with Gasteiger partial charge in [-0.25, -0.2) is 8.78 Å². The van der Waals surface area contributed by atoms with Crippen LogP contribution in [0.4, 0.5) is 8.78 Å². The molecule has 1 aliphatic carbocycles. The molecule has 120 valence electrons. The lowest BCUT2D eigenvalue weighted by Crippen LogP contribution is -2.13. The summed E-state index contributed by atoms with van der Waals surface area (Å²) in [5, 5.41) is 0. The molecule has 3 nitrogen and oxygen atoms in total. The number of hydrogen-bond acceptors (Lipinski definition) is 3. The summed E-state index contributed by atoms with van der Waals surface area (Å²) >= 11 is 0. The first-order valence-corrected chi connectivity index (χ1v) is 7.22. The van der Waals surface area contributed by atoms with Gasteiger partial charge in [-0.3, -0.25) is 9.78 Å². The lowest BCUT2D eigenvalue weighted by molar-refractivity contribution is 0.504. The maximum atomic E-state index is 13.4. The highest BCUT2D eigenvalue weighted by Gasteiger charge is 2.15. The van der Waals surface area contributed by atoms with Crippen molar-refractivity contribution < 1.29 is 13.2 Å². The summed E-state index contributed by atoms with van der Waals surface area (Å²) in [7, 11) is 0.